The van der Waals surface area contributed by atoms with Crippen LogP contribution < -0.4 is 5.32 Å². The van der Waals surface area contributed by atoms with Crippen LogP contribution in [0.25, 0.3) is 5.70 Å². The molecule has 0 aromatic heterocycles. The molecule has 0 bridgehead atoms. The van der Waals surface area contributed by atoms with Crippen molar-refractivity contribution in [3.05, 3.63) is 71.8 Å². The van der Waals surface area contributed by atoms with E-state index in [1.807, 2.05) is 37.3 Å². The molecule has 0 unspecified atom stereocenters. The quantitative estimate of drug-likeness (QED) is 0.590. The second kappa shape index (κ2) is 7.60. The van der Waals surface area contributed by atoms with E-state index in [1.165, 1.54) is 11.1 Å². The smallest absolute Gasteiger partial charge is 0.103 e. The standard InChI is InChI=1S/C20H24N2/c1-5-10-18-13-9-14-20(15(18)2)22-17(4)21-16(3)19-11-7-6-8-12-19/h6-9,11-14H,3,5,10H2,1-2,4H3,(H,21,22). The fourth-order valence-corrected chi connectivity index (χ4v) is 2.47. The molecule has 2 aromatic rings. The van der Waals surface area contributed by atoms with Crippen LogP contribution in [0.2, 0.25) is 0 Å². The van der Waals surface area contributed by atoms with E-state index < -0.39 is 0 Å². The third-order valence-electron chi connectivity index (χ3n) is 3.68. The van der Waals surface area contributed by atoms with Crippen LogP contribution in [0.1, 0.15) is 37.0 Å². The fourth-order valence-electron chi connectivity index (χ4n) is 2.47. The predicted octanol–water partition coefficient (Wildman–Crippen LogP) is 5.26. The van der Waals surface area contributed by atoms with Crippen LogP contribution in [0.4, 0.5) is 5.69 Å². The van der Waals surface area contributed by atoms with E-state index in [0.29, 0.717) is 0 Å². The number of nitrogens with one attached hydrogen (secondary N) is 1. The van der Waals surface area contributed by atoms with Crippen LogP contribution in [0.3, 0.4) is 0 Å². The molecule has 114 valence electrons. The van der Waals surface area contributed by atoms with Gasteiger partial charge in [-0.1, -0.05) is 62.4 Å². The zero-order valence-corrected chi connectivity index (χ0v) is 13.7. The van der Waals surface area contributed by atoms with E-state index in [4.69, 9.17) is 4.99 Å². The Labute approximate surface area is 133 Å². The Morgan fingerprint density at radius 2 is 1.82 bits per heavy atom. The van der Waals surface area contributed by atoms with Crippen LogP contribution in [0.15, 0.2) is 60.1 Å². The first-order valence-electron chi connectivity index (χ1n) is 7.77. The van der Waals surface area contributed by atoms with E-state index in [9.17, 15) is 0 Å². The summed E-state index contributed by atoms with van der Waals surface area (Å²) in [5.74, 6) is 0.852. The molecule has 2 nitrogen and oxygen atoms in total. The lowest BCUT2D eigenvalue weighted by atomic mass is 10.0. The summed E-state index contributed by atoms with van der Waals surface area (Å²) >= 11 is 0. The van der Waals surface area contributed by atoms with Gasteiger partial charge in [-0.25, -0.2) is 4.99 Å². The molecule has 2 aromatic carbocycles. The first-order valence-corrected chi connectivity index (χ1v) is 7.77. The van der Waals surface area contributed by atoms with Gasteiger partial charge in [0, 0.05) is 5.70 Å². The van der Waals surface area contributed by atoms with Crippen molar-refractivity contribution < 1.29 is 0 Å². The molecule has 0 saturated heterocycles. The lowest BCUT2D eigenvalue weighted by Crippen LogP contribution is -2.17. The molecule has 2 heteroatoms. The molecule has 1 N–H and O–H groups in total. The second-order valence-corrected chi connectivity index (χ2v) is 5.48. The van der Waals surface area contributed by atoms with E-state index in [0.717, 1.165) is 35.6 Å². The lowest BCUT2D eigenvalue weighted by Gasteiger charge is -2.11. The average Bonchev–Trinajstić information content (AvgIpc) is 2.52. The number of hydrogen-bond donors (Lipinski definition) is 1. The first-order chi connectivity index (χ1) is 10.6. The maximum Gasteiger partial charge on any atom is 0.103 e. The zero-order chi connectivity index (χ0) is 15.9. The number of benzene rings is 2. The summed E-state index contributed by atoms with van der Waals surface area (Å²) in [7, 11) is 0. The van der Waals surface area contributed by atoms with Crippen molar-refractivity contribution in [2.75, 3.05) is 0 Å². The van der Waals surface area contributed by atoms with Gasteiger partial charge in [-0.3, -0.25) is 0 Å². The highest BCUT2D eigenvalue weighted by molar-refractivity contribution is 5.90. The Bertz CT molecular complexity index is 669. The summed E-state index contributed by atoms with van der Waals surface area (Å²) in [5, 5.41) is 3.28. The number of aliphatic imine (C=N–C) groups is 1. The highest BCUT2D eigenvalue weighted by Crippen LogP contribution is 2.23. The lowest BCUT2D eigenvalue weighted by molar-refractivity contribution is 0.912. The Kier molecular flexibility index (Phi) is 5.54. The number of amidine groups is 1. The summed E-state index contributed by atoms with van der Waals surface area (Å²) in [6, 6.07) is 16.4. The average molecular weight is 292 g/mol. The molecular formula is C20H24N2. The topological polar surface area (TPSA) is 24.4 Å². The molecule has 0 aliphatic heterocycles. The third kappa shape index (κ3) is 4.08. The monoisotopic (exact) mass is 292 g/mol. The number of nitrogens with zero attached hydrogens (tertiary/aromatic N) is 1. The normalized spacial score (nSPS) is 11.3. The van der Waals surface area contributed by atoms with Crippen molar-refractivity contribution >= 4 is 17.2 Å². The van der Waals surface area contributed by atoms with Crippen LogP contribution in [-0.2, 0) is 6.42 Å². The van der Waals surface area contributed by atoms with Gasteiger partial charge in [-0.15, -0.1) is 0 Å². The van der Waals surface area contributed by atoms with Gasteiger partial charge in [-0.2, -0.15) is 0 Å². The van der Waals surface area contributed by atoms with Gasteiger partial charge in [-0.05, 0) is 43.0 Å². The summed E-state index contributed by atoms with van der Waals surface area (Å²) in [6.07, 6.45) is 2.24. The van der Waals surface area contributed by atoms with Gasteiger partial charge in [0.1, 0.15) is 5.84 Å². The molecule has 0 radical (unpaired) electrons. The third-order valence-corrected chi connectivity index (χ3v) is 3.68. The fraction of sp³-hybridized carbons (Fsp3) is 0.250. The van der Waals surface area contributed by atoms with Gasteiger partial charge >= 0.3 is 0 Å². The van der Waals surface area contributed by atoms with Crippen molar-refractivity contribution in [2.45, 2.75) is 33.6 Å². The SMILES string of the molecule is C=C(N/C(C)=N/c1cccc(CCC)c1C)c1ccccc1. The van der Waals surface area contributed by atoms with E-state index in [1.54, 1.807) is 0 Å². The summed E-state index contributed by atoms with van der Waals surface area (Å²) in [6.45, 7) is 10.4. The van der Waals surface area contributed by atoms with Crippen molar-refractivity contribution in [1.82, 2.24) is 5.32 Å². The Hall–Kier alpha value is -2.35. The molecule has 0 saturated carbocycles. The van der Waals surface area contributed by atoms with Gasteiger partial charge in [0.05, 0.1) is 5.69 Å². The summed E-state index contributed by atoms with van der Waals surface area (Å²) in [5.41, 5.74) is 5.60. The molecule has 0 aliphatic carbocycles. The van der Waals surface area contributed by atoms with Crippen molar-refractivity contribution in [2.24, 2.45) is 4.99 Å². The van der Waals surface area contributed by atoms with Gasteiger partial charge in [0.2, 0.25) is 0 Å². The van der Waals surface area contributed by atoms with Crippen molar-refractivity contribution in [3.8, 4) is 0 Å². The number of rotatable bonds is 5. The van der Waals surface area contributed by atoms with Crippen LogP contribution in [0.5, 0.6) is 0 Å². The van der Waals surface area contributed by atoms with E-state index >= 15 is 0 Å². The Balaban J connectivity index is 2.16. The minimum absolute atomic E-state index is 0.852. The molecule has 0 aliphatic rings. The van der Waals surface area contributed by atoms with E-state index in [2.05, 4.69) is 43.9 Å². The second-order valence-electron chi connectivity index (χ2n) is 5.48. The first kappa shape index (κ1) is 16.0. The summed E-state index contributed by atoms with van der Waals surface area (Å²) in [4.78, 5) is 4.71. The number of hydrogen-bond acceptors (Lipinski definition) is 1. The minimum atomic E-state index is 0.852. The molecular weight excluding hydrogens is 268 g/mol. The molecule has 0 heterocycles. The largest absolute Gasteiger partial charge is 0.344 e. The summed E-state index contributed by atoms with van der Waals surface area (Å²) < 4.78 is 0. The van der Waals surface area contributed by atoms with Gasteiger partial charge in [0.15, 0.2) is 0 Å². The number of aryl methyl sites for hydroxylation is 1. The predicted molar refractivity (Wildman–Crippen MR) is 96.6 cm³/mol. The van der Waals surface area contributed by atoms with Crippen LogP contribution in [0, 0.1) is 6.92 Å². The molecule has 22 heavy (non-hydrogen) atoms. The van der Waals surface area contributed by atoms with Gasteiger partial charge in [0.25, 0.3) is 0 Å². The maximum absolute atomic E-state index is 4.71. The van der Waals surface area contributed by atoms with Crippen molar-refractivity contribution in [3.63, 3.8) is 0 Å². The van der Waals surface area contributed by atoms with Crippen molar-refractivity contribution in [1.29, 1.82) is 0 Å². The highest BCUT2D eigenvalue weighted by Gasteiger charge is 2.04. The molecule has 2 rings (SSSR count). The maximum atomic E-state index is 4.71. The van der Waals surface area contributed by atoms with E-state index in [-0.39, 0.29) is 0 Å². The Morgan fingerprint density at radius 1 is 1.09 bits per heavy atom. The Morgan fingerprint density at radius 3 is 2.50 bits per heavy atom. The molecule has 0 fully saturated rings. The zero-order valence-electron chi connectivity index (χ0n) is 13.7. The highest BCUT2D eigenvalue weighted by atomic mass is 15.0. The van der Waals surface area contributed by atoms with Crippen LogP contribution in [-0.4, -0.2) is 5.84 Å². The molecule has 0 spiro atoms. The molecule has 0 amide bonds. The van der Waals surface area contributed by atoms with Crippen LogP contribution >= 0.6 is 0 Å². The van der Waals surface area contributed by atoms with Gasteiger partial charge < -0.3 is 5.32 Å². The minimum Gasteiger partial charge on any atom is -0.344 e. The molecule has 0 atom stereocenters.